The molecule has 0 spiro atoms. The Labute approximate surface area is 157 Å². The van der Waals surface area contributed by atoms with Crippen molar-refractivity contribution in [2.45, 2.75) is 25.6 Å². The summed E-state index contributed by atoms with van der Waals surface area (Å²) >= 11 is 0. The highest BCUT2D eigenvalue weighted by Crippen LogP contribution is 2.19. The number of fused-ring (bicyclic) bond motifs is 1. The molecule has 27 heavy (non-hydrogen) atoms. The molecule has 3 N–H and O–H groups in total. The third kappa shape index (κ3) is 4.38. The molecule has 0 fully saturated rings. The Morgan fingerprint density at radius 3 is 2.59 bits per heavy atom. The van der Waals surface area contributed by atoms with Gasteiger partial charge in [0.1, 0.15) is 14.4 Å². The monoisotopic (exact) mass is 385 g/mol. The fraction of sp³-hybridized carbons (Fsp3) is 0.333. The number of hydrogen-bond donors (Lipinski definition) is 3. The number of aliphatic hydroxyl groups excluding tert-OH is 2. The van der Waals surface area contributed by atoms with Crippen LogP contribution in [0.5, 0.6) is 0 Å². The SMILES string of the molecule is C[Si](CO)(CO)CCCn1cnc2c(NC(=O)c3ccccc3)ncnc21. The molecule has 0 saturated heterocycles. The molecular formula is C18H23N5O3Si. The lowest BCUT2D eigenvalue weighted by molar-refractivity contribution is 0.102. The number of benzene rings is 1. The standard InChI is InChI=1S/C18H23N5O3Si/c1-27(12-24,13-25)9-5-8-23-11-21-15-16(19-10-20-17(15)23)22-18(26)14-6-3-2-4-7-14/h2-4,6-7,10-11,24-25H,5,8-9,12-13H2,1H3,(H,19,20,22,26). The van der Waals surface area contributed by atoms with E-state index < -0.39 is 8.07 Å². The quantitative estimate of drug-likeness (QED) is 0.508. The second-order valence-corrected chi connectivity index (χ2v) is 11.6. The summed E-state index contributed by atoms with van der Waals surface area (Å²) in [5.74, 6) is 0.121. The summed E-state index contributed by atoms with van der Waals surface area (Å²) in [5.41, 5.74) is 1.72. The third-order valence-electron chi connectivity index (χ3n) is 4.61. The summed E-state index contributed by atoms with van der Waals surface area (Å²) < 4.78 is 1.90. The van der Waals surface area contributed by atoms with E-state index in [0.717, 1.165) is 12.5 Å². The molecule has 0 bridgehead atoms. The molecule has 3 rings (SSSR count). The van der Waals surface area contributed by atoms with Crippen molar-refractivity contribution in [2.24, 2.45) is 0 Å². The molecule has 0 radical (unpaired) electrons. The molecule has 3 aromatic rings. The van der Waals surface area contributed by atoms with Crippen molar-refractivity contribution in [1.82, 2.24) is 19.5 Å². The predicted molar refractivity (Wildman–Crippen MR) is 105 cm³/mol. The van der Waals surface area contributed by atoms with Crippen molar-refractivity contribution in [2.75, 3.05) is 17.8 Å². The van der Waals surface area contributed by atoms with Crippen LogP contribution in [-0.2, 0) is 6.54 Å². The van der Waals surface area contributed by atoms with E-state index in [1.165, 1.54) is 6.33 Å². The zero-order valence-corrected chi connectivity index (χ0v) is 16.2. The second-order valence-electron chi connectivity index (χ2n) is 6.88. The first kappa shape index (κ1) is 19.1. The number of anilines is 1. The highest BCUT2D eigenvalue weighted by Gasteiger charge is 2.25. The summed E-state index contributed by atoms with van der Waals surface area (Å²) in [6, 6.07) is 9.72. The zero-order chi connectivity index (χ0) is 19.3. The van der Waals surface area contributed by atoms with Gasteiger partial charge in [0.15, 0.2) is 17.0 Å². The minimum Gasteiger partial charge on any atom is -0.400 e. The number of imidazole rings is 1. The fourth-order valence-corrected chi connectivity index (χ4v) is 4.22. The topological polar surface area (TPSA) is 113 Å². The maximum Gasteiger partial charge on any atom is 0.256 e. The van der Waals surface area contributed by atoms with Gasteiger partial charge in [-0.05, 0) is 18.6 Å². The van der Waals surface area contributed by atoms with Crippen molar-refractivity contribution in [3.8, 4) is 0 Å². The van der Waals surface area contributed by atoms with Crippen LogP contribution in [0.3, 0.4) is 0 Å². The van der Waals surface area contributed by atoms with Gasteiger partial charge in [-0.2, -0.15) is 0 Å². The second kappa shape index (κ2) is 8.38. The molecule has 1 amide bonds. The Balaban J connectivity index is 1.74. The van der Waals surface area contributed by atoms with Gasteiger partial charge < -0.3 is 20.1 Å². The molecule has 2 aromatic heterocycles. The minimum atomic E-state index is -1.98. The Hall–Kier alpha value is -2.62. The van der Waals surface area contributed by atoms with Gasteiger partial charge in [0.25, 0.3) is 5.91 Å². The number of aromatic nitrogens is 4. The summed E-state index contributed by atoms with van der Waals surface area (Å²) in [4.78, 5) is 25.2. The van der Waals surface area contributed by atoms with Crippen molar-refractivity contribution < 1.29 is 15.0 Å². The van der Waals surface area contributed by atoms with Gasteiger partial charge in [0.2, 0.25) is 0 Å². The molecule has 142 valence electrons. The Morgan fingerprint density at radius 1 is 1.15 bits per heavy atom. The first-order valence-electron chi connectivity index (χ1n) is 8.80. The smallest absolute Gasteiger partial charge is 0.256 e. The third-order valence-corrected chi connectivity index (χ3v) is 7.70. The van der Waals surface area contributed by atoms with E-state index in [0.29, 0.717) is 29.1 Å². The van der Waals surface area contributed by atoms with Crippen LogP contribution >= 0.6 is 0 Å². The van der Waals surface area contributed by atoms with E-state index in [2.05, 4.69) is 20.3 Å². The molecule has 0 saturated carbocycles. The van der Waals surface area contributed by atoms with Crippen LogP contribution in [-0.4, -0.2) is 56.2 Å². The molecule has 8 nitrogen and oxygen atoms in total. The highest BCUT2D eigenvalue weighted by atomic mass is 28.3. The van der Waals surface area contributed by atoms with E-state index in [9.17, 15) is 15.0 Å². The number of nitrogens with one attached hydrogen (secondary N) is 1. The average molecular weight is 386 g/mol. The van der Waals surface area contributed by atoms with Gasteiger partial charge >= 0.3 is 0 Å². The van der Waals surface area contributed by atoms with Crippen molar-refractivity contribution in [3.05, 3.63) is 48.5 Å². The zero-order valence-electron chi connectivity index (χ0n) is 15.2. The summed E-state index contributed by atoms with van der Waals surface area (Å²) in [6.07, 6.45) is 4.04. The van der Waals surface area contributed by atoms with E-state index in [1.54, 1.807) is 30.6 Å². The van der Waals surface area contributed by atoms with Crippen LogP contribution in [0.15, 0.2) is 43.0 Å². The first-order chi connectivity index (χ1) is 13.1. The summed E-state index contributed by atoms with van der Waals surface area (Å²) in [6.45, 7) is 2.65. The van der Waals surface area contributed by atoms with E-state index >= 15 is 0 Å². The molecule has 1 aromatic carbocycles. The molecule has 9 heteroatoms. The maximum absolute atomic E-state index is 12.4. The van der Waals surface area contributed by atoms with Gasteiger partial charge in [-0.1, -0.05) is 30.8 Å². The van der Waals surface area contributed by atoms with E-state index in [1.807, 2.05) is 17.2 Å². The van der Waals surface area contributed by atoms with Crippen molar-refractivity contribution in [3.63, 3.8) is 0 Å². The molecule has 0 unspecified atom stereocenters. The van der Waals surface area contributed by atoms with Crippen LogP contribution in [0.1, 0.15) is 16.8 Å². The van der Waals surface area contributed by atoms with Crippen molar-refractivity contribution in [1.29, 1.82) is 0 Å². The minimum absolute atomic E-state index is 0.0754. The number of aryl methyl sites for hydroxylation is 1. The van der Waals surface area contributed by atoms with Gasteiger partial charge in [0.05, 0.1) is 6.33 Å². The van der Waals surface area contributed by atoms with E-state index in [4.69, 9.17) is 0 Å². The summed E-state index contributed by atoms with van der Waals surface area (Å²) in [5, 5.41) is 21.7. The summed E-state index contributed by atoms with van der Waals surface area (Å²) in [7, 11) is -1.98. The molecule has 0 atom stereocenters. The first-order valence-corrected chi connectivity index (χ1v) is 11.9. The van der Waals surface area contributed by atoms with Gasteiger partial charge in [-0.25, -0.2) is 15.0 Å². The lowest BCUT2D eigenvalue weighted by Gasteiger charge is -2.21. The number of rotatable bonds is 8. The van der Waals surface area contributed by atoms with Crippen molar-refractivity contribution >= 4 is 31.0 Å². The lowest BCUT2D eigenvalue weighted by atomic mass is 10.2. The molecule has 2 heterocycles. The number of carbonyl (C=O) groups excluding carboxylic acids is 1. The van der Waals surface area contributed by atoms with Crippen LogP contribution in [0, 0.1) is 0 Å². The molecule has 0 aliphatic rings. The number of amides is 1. The Kier molecular flexibility index (Phi) is 5.94. The van der Waals surface area contributed by atoms with Crippen LogP contribution in [0.2, 0.25) is 12.6 Å². The number of hydrogen-bond acceptors (Lipinski definition) is 6. The number of carbonyl (C=O) groups is 1. The normalized spacial score (nSPS) is 11.7. The highest BCUT2D eigenvalue weighted by molar-refractivity contribution is 6.78. The van der Waals surface area contributed by atoms with E-state index in [-0.39, 0.29) is 18.4 Å². The molecule has 0 aliphatic carbocycles. The largest absolute Gasteiger partial charge is 0.400 e. The molecular weight excluding hydrogens is 362 g/mol. The van der Waals surface area contributed by atoms with Gasteiger partial charge in [-0.3, -0.25) is 4.79 Å². The fourth-order valence-electron chi connectivity index (χ4n) is 2.79. The van der Waals surface area contributed by atoms with Crippen LogP contribution < -0.4 is 5.32 Å². The van der Waals surface area contributed by atoms with Gasteiger partial charge in [0, 0.05) is 24.6 Å². The number of aliphatic hydroxyl groups is 2. The average Bonchev–Trinajstić information content (AvgIpc) is 3.12. The van der Waals surface area contributed by atoms with Gasteiger partial charge in [-0.15, -0.1) is 0 Å². The predicted octanol–water partition coefficient (Wildman–Crippen LogP) is 1.61. The van der Waals surface area contributed by atoms with Crippen LogP contribution in [0.25, 0.3) is 11.2 Å². The Morgan fingerprint density at radius 2 is 1.89 bits per heavy atom. The lowest BCUT2D eigenvalue weighted by Crippen LogP contribution is -2.40. The Bertz CT molecular complexity index is 912. The molecule has 0 aliphatic heterocycles. The number of nitrogens with zero attached hydrogens (tertiary/aromatic N) is 4. The maximum atomic E-state index is 12.4. The van der Waals surface area contributed by atoms with Crippen LogP contribution in [0.4, 0.5) is 5.82 Å².